The van der Waals surface area contributed by atoms with Gasteiger partial charge in [-0.05, 0) is 54.3 Å². The highest BCUT2D eigenvalue weighted by Gasteiger charge is 2.09. The summed E-state index contributed by atoms with van der Waals surface area (Å²) in [4.78, 5) is 15.2. The van der Waals surface area contributed by atoms with Crippen molar-refractivity contribution in [2.45, 2.75) is 13.5 Å². The fourth-order valence-corrected chi connectivity index (χ4v) is 2.36. The second-order valence-corrected chi connectivity index (χ2v) is 5.19. The Kier molecular flexibility index (Phi) is 3.63. The number of aryl methyl sites for hydroxylation is 1. The number of benzene rings is 2. The van der Waals surface area contributed by atoms with Crippen molar-refractivity contribution < 1.29 is 13.6 Å². The van der Waals surface area contributed by atoms with Gasteiger partial charge < -0.3 is 10.3 Å². The first kappa shape index (κ1) is 14.3. The molecule has 5 heteroatoms. The van der Waals surface area contributed by atoms with Crippen LogP contribution in [0.1, 0.15) is 21.6 Å². The Morgan fingerprint density at radius 2 is 1.91 bits per heavy atom. The van der Waals surface area contributed by atoms with Crippen molar-refractivity contribution in [1.29, 1.82) is 0 Å². The van der Waals surface area contributed by atoms with Gasteiger partial charge in [0.05, 0.1) is 0 Å². The van der Waals surface area contributed by atoms with Crippen LogP contribution >= 0.6 is 0 Å². The van der Waals surface area contributed by atoms with Gasteiger partial charge in [0, 0.05) is 23.3 Å². The van der Waals surface area contributed by atoms with Gasteiger partial charge in [0.1, 0.15) is 0 Å². The second kappa shape index (κ2) is 5.60. The normalized spacial score (nSPS) is 10.9. The number of halogens is 2. The second-order valence-electron chi connectivity index (χ2n) is 5.19. The molecule has 112 valence electrons. The van der Waals surface area contributed by atoms with Crippen LogP contribution in [0.2, 0.25) is 0 Å². The van der Waals surface area contributed by atoms with Crippen molar-refractivity contribution in [3.63, 3.8) is 0 Å². The molecule has 1 aromatic heterocycles. The van der Waals surface area contributed by atoms with Crippen molar-refractivity contribution in [3.05, 3.63) is 70.9 Å². The topological polar surface area (TPSA) is 44.9 Å². The average molecular weight is 300 g/mol. The van der Waals surface area contributed by atoms with Gasteiger partial charge >= 0.3 is 0 Å². The number of amides is 1. The first-order valence-electron chi connectivity index (χ1n) is 6.84. The van der Waals surface area contributed by atoms with Gasteiger partial charge in [0.25, 0.3) is 5.91 Å². The van der Waals surface area contributed by atoms with E-state index in [1.54, 1.807) is 0 Å². The number of rotatable bonds is 3. The molecule has 0 fully saturated rings. The summed E-state index contributed by atoms with van der Waals surface area (Å²) in [5.74, 6) is -2.44. The molecule has 0 spiro atoms. The highest BCUT2D eigenvalue weighted by molar-refractivity contribution is 5.94. The lowest BCUT2D eigenvalue weighted by Crippen LogP contribution is -2.22. The van der Waals surface area contributed by atoms with E-state index in [2.05, 4.69) is 10.3 Å². The third kappa shape index (κ3) is 2.83. The van der Waals surface area contributed by atoms with Crippen LogP contribution in [0.4, 0.5) is 8.78 Å². The summed E-state index contributed by atoms with van der Waals surface area (Å²) < 4.78 is 26.0. The summed E-state index contributed by atoms with van der Waals surface area (Å²) in [6.07, 6.45) is 0. The zero-order chi connectivity index (χ0) is 15.7. The number of aromatic amines is 1. The zero-order valence-electron chi connectivity index (χ0n) is 11.9. The molecule has 0 radical (unpaired) electrons. The summed E-state index contributed by atoms with van der Waals surface area (Å²) in [7, 11) is 0. The van der Waals surface area contributed by atoms with E-state index in [0.717, 1.165) is 34.3 Å². The van der Waals surface area contributed by atoms with E-state index >= 15 is 0 Å². The van der Waals surface area contributed by atoms with Crippen LogP contribution in [0.25, 0.3) is 10.9 Å². The standard InChI is InChI=1S/C17H14F2N2O/c1-10-6-13-7-11(2-5-16(13)21-10)9-20-17(22)12-3-4-14(18)15(19)8-12/h2-8,21H,9H2,1H3,(H,20,22). The molecule has 3 nitrogen and oxygen atoms in total. The van der Waals surface area contributed by atoms with Crippen LogP contribution in [-0.4, -0.2) is 10.9 Å². The van der Waals surface area contributed by atoms with E-state index < -0.39 is 17.5 Å². The van der Waals surface area contributed by atoms with Gasteiger partial charge in [-0.1, -0.05) is 6.07 Å². The smallest absolute Gasteiger partial charge is 0.251 e. The molecule has 0 unspecified atom stereocenters. The van der Waals surface area contributed by atoms with Gasteiger partial charge in [-0.2, -0.15) is 0 Å². The molecule has 0 aliphatic heterocycles. The molecule has 3 aromatic rings. The van der Waals surface area contributed by atoms with Crippen molar-refractivity contribution in [1.82, 2.24) is 10.3 Å². The van der Waals surface area contributed by atoms with Crippen molar-refractivity contribution >= 4 is 16.8 Å². The van der Waals surface area contributed by atoms with Crippen LogP contribution in [-0.2, 0) is 6.54 Å². The SMILES string of the molecule is Cc1cc2cc(CNC(=O)c3ccc(F)c(F)c3)ccc2[nH]1. The molecule has 0 saturated carbocycles. The highest BCUT2D eigenvalue weighted by Crippen LogP contribution is 2.17. The minimum Gasteiger partial charge on any atom is -0.359 e. The summed E-state index contributed by atoms with van der Waals surface area (Å²) in [6.45, 7) is 2.29. The van der Waals surface area contributed by atoms with E-state index in [9.17, 15) is 13.6 Å². The fraction of sp³-hybridized carbons (Fsp3) is 0.118. The minimum absolute atomic E-state index is 0.0949. The number of hydrogen-bond donors (Lipinski definition) is 2. The molecule has 0 atom stereocenters. The van der Waals surface area contributed by atoms with Crippen LogP contribution < -0.4 is 5.32 Å². The third-order valence-corrected chi connectivity index (χ3v) is 3.45. The number of carbonyl (C=O) groups is 1. The van der Waals surface area contributed by atoms with Crippen molar-refractivity contribution in [2.24, 2.45) is 0 Å². The Morgan fingerprint density at radius 1 is 1.09 bits per heavy atom. The fourth-order valence-electron chi connectivity index (χ4n) is 2.36. The van der Waals surface area contributed by atoms with E-state index in [1.807, 2.05) is 31.2 Å². The Morgan fingerprint density at radius 3 is 2.68 bits per heavy atom. The number of nitrogens with one attached hydrogen (secondary N) is 2. The molecule has 0 aliphatic carbocycles. The van der Waals surface area contributed by atoms with Crippen LogP contribution in [0.3, 0.4) is 0 Å². The minimum atomic E-state index is -1.03. The molecule has 3 rings (SSSR count). The van der Waals surface area contributed by atoms with Gasteiger partial charge in [-0.15, -0.1) is 0 Å². The van der Waals surface area contributed by atoms with E-state index in [4.69, 9.17) is 0 Å². The lowest BCUT2D eigenvalue weighted by atomic mass is 10.1. The summed E-state index contributed by atoms with van der Waals surface area (Å²) >= 11 is 0. The quantitative estimate of drug-likeness (QED) is 0.761. The molecule has 2 aromatic carbocycles. The van der Waals surface area contributed by atoms with Gasteiger partial charge in [-0.25, -0.2) is 8.78 Å². The largest absolute Gasteiger partial charge is 0.359 e. The highest BCUT2D eigenvalue weighted by atomic mass is 19.2. The van der Waals surface area contributed by atoms with Crippen LogP contribution in [0.5, 0.6) is 0 Å². The monoisotopic (exact) mass is 300 g/mol. The predicted octanol–water partition coefficient (Wildman–Crippen LogP) is 3.68. The lowest BCUT2D eigenvalue weighted by molar-refractivity contribution is 0.0950. The maximum absolute atomic E-state index is 13.1. The zero-order valence-corrected chi connectivity index (χ0v) is 11.9. The number of hydrogen-bond acceptors (Lipinski definition) is 1. The average Bonchev–Trinajstić information content (AvgIpc) is 2.86. The molecule has 0 aliphatic rings. The lowest BCUT2D eigenvalue weighted by Gasteiger charge is -2.06. The van der Waals surface area contributed by atoms with Gasteiger partial charge in [0.15, 0.2) is 11.6 Å². The Bertz CT molecular complexity index is 855. The first-order chi connectivity index (χ1) is 10.5. The summed E-state index contributed by atoms with van der Waals surface area (Å²) in [5.41, 5.74) is 3.13. The van der Waals surface area contributed by atoms with E-state index in [-0.39, 0.29) is 5.56 Å². The number of aromatic nitrogens is 1. The van der Waals surface area contributed by atoms with Gasteiger partial charge in [0.2, 0.25) is 0 Å². The van der Waals surface area contributed by atoms with Crippen molar-refractivity contribution in [2.75, 3.05) is 0 Å². The van der Waals surface area contributed by atoms with Gasteiger partial charge in [-0.3, -0.25) is 4.79 Å². The number of carbonyl (C=O) groups excluding carboxylic acids is 1. The first-order valence-corrected chi connectivity index (χ1v) is 6.84. The van der Waals surface area contributed by atoms with E-state index in [0.29, 0.717) is 6.54 Å². The van der Waals surface area contributed by atoms with Crippen LogP contribution in [0.15, 0.2) is 42.5 Å². The summed E-state index contributed by atoms with van der Waals surface area (Å²) in [5, 5.41) is 3.76. The summed E-state index contributed by atoms with van der Waals surface area (Å²) in [6, 6.07) is 10.9. The number of H-pyrrole nitrogens is 1. The number of fused-ring (bicyclic) bond motifs is 1. The molecule has 1 heterocycles. The molecule has 2 N–H and O–H groups in total. The molecular formula is C17H14F2N2O. The Labute approximate surface area is 126 Å². The van der Waals surface area contributed by atoms with Crippen molar-refractivity contribution in [3.8, 4) is 0 Å². The molecule has 0 saturated heterocycles. The predicted molar refractivity (Wildman–Crippen MR) is 80.6 cm³/mol. The molecule has 1 amide bonds. The molecular weight excluding hydrogens is 286 g/mol. The maximum Gasteiger partial charge on any atom is 0.251 e. The molecule has 22 heavy (non-hydrogen) atoms. The van der Waals surface area contributed by atoms with E-state index in [1.165, 1.54) is 6.07 Å². The Hall–Kier alpha value is -2.69. The van der Waals surface area contributed by atoms with Crippen LogP contribution in [0, 0.1) is 18.6 Å². The maximum atomic E-state index is 13.1. The third-order valence-electron chi connectivity index (χ3n) is 3.45. The Balaban J connectivity index is 1.72. The molecule has 0 bridgehead atoms.